The third kappa shape index (κ3) is 4.37. The first-order valence-corrected chi connectivity index (χ1v) is 8.19. The van der Waals surface area contributed by atoms with Crippen LogP contribution in [0.4, 0.5) is 0 Å². The third-order valence-electron chi connectivity index (χ3n) is 3.95. The van der Waals surface area contributed by atoms with Gasteiger partial charge < -0.3 is 10.6 Å². The zero-order chi connectivity index (χ0) is 16.8. The van der Waals surface area contributed by atoms with Gasteiger partial charge in [0.1, 0.15) is 6.54 Å². The van der Waals surface area contributed by atoms with E-state index in [1.165, 1.54) is 0 Å². The number of benzene rings is 1. The van der Waals surface area contributed by atoms with Gasteiger partial charge in [0.05, 0.1) is 27.6 Å². The van der Waals surface area contributed by atoms with Crippen molar-refractivity contribution in [3.05, 3.63) is 33.8 Å². The maximum absolute atomic E-state index is 12.5. The van der Waals surface area contributed by atoms with E-state index in [1.807, 2.05) is 6.07 Å². The first-order valence-electron chi connectivity index (χ1n) is 7.44. The SMILES string of the molecule is N#CCNC(=O)C1CCCCC1NC(=O)c1c(Cl)cccc1Cl. The molecule has 0 radical (unpaired) electrons. The summed E-state index contributed by atoms with van der Waals surface area (Å²) in [6.07, 6.45) is 3.24. The van der Waals surface area contributed by atoms with Crippen LogP contribution in [0.2, 0.25) is 10.0 Å². The standard InChI is InChI=1S/C16H17Cl2N3O2/c17-11-5-3-6-12(18)14(11)16(23)21-13-7-2-1-4-10(13)15(22)20-9-8-19/h3,5-6,10,13H,1-2,4,7,9H2,(H,20,22)(H,21,23). The quantitative estimate of drug-likeness (QED) is 0.816. The number of nitrogens with zero attached hydrogens (tertiary/aromatic N) is 1. The molecule has 0 aliphatic heterocycles. The van der Waals surface area contributed by atoms with Crippen molar-refractivity contribution in [3.8, 4) is 6.07 Å². The van der Waals surface area contributed by atoms with Gasteiger partial charge in [-0.05, 0) is 25.0 Å². The fourth-order valence-corrected chi connectivity index (χ4v) is 3.40. The Hall–Kier alpha value is -1.77. The number of amides is 2. The first kappa shape index (κ1) is 17.6. The minimum Gasteiger partial charge on any atom is -0.348 e. The molecule has 2 unspecified atom stereocenters. The van der Waals surface area contributed by atoms with Crippen molar-refractivity contribution in [2.75, 3.05) is 6.54 Å². The predicted molar refractivity (Wildman–Crippen MR) is 88.3 cm³/mol. The van der Waals surface area contributed by atoms with Crippen molar-refractivity contribution in [1.82, 2.24) is 10.6 Å². The van der Waals surface area contributed by atoms with Crippen LogP contribution < -0.4 is 10.6 Å². The summed E-state index contributed by atoms with van der Waals surface area (Å²) in [7, 11) is 0. The van der Waals surface area contributed by atoms with Gasteiger partial charge in [0.15, 0.2) is 0 Å². The van der Waals surface area contributed by atoms with E-state index in [0.717, 1.165) is 12.8 Å². The van der Waals surface area contributed by atoms with Crippen molar-refractivity contribution < 1.29 is 9.59 Å². The first-order chi connectivity index (χ1) is 11.0. The average molecular weight is 354 g/mol. The van der Waals surface area contributed by atoms with Crippen LogP contribution in [0.15, 0.2) is 18.2 Å². The molecular formula is C16H17Cl2N3O2. The second kappa shape index (κ2) is 8.19. The number of halogens is 2. The molecule has 1 aliphatic carbocycles. The van der Waals surface area contributed by atoms with E-state index in [4.69, 9.17) is 28.5 Å². The van der Waals surface area contributed by atoms with Crippen LogP contribution in [0.5, 0.6) is 0 Å². The lowest BCUT2D eigenvalue weighted by Gasteiger charge is -2.31. The zero-order valence-corrected chi connectivity index (χ0v) is 14.0. The maximum atomic E-state index is 12.5. The van der Waals surface area contributed by atoms with Crippen LogP contribution in [0.25, 0.3) is 0 Å². The van der Waals surface area contributed by atoms with Gasteiger partial charge in [-0.3, -0.25) is 9.59 Å². The molecular weight excluding hydrogens is 337 g/mol. The van der Waals surface area contributed by atoms with E-state index < -0.39 is 0 Å². The molecule has 0 spiro atoms. The van der Waals surface area contributed by atoms with Crippen molar-refractivity contribution in [2.24, 2.45) is 5.92 Å². The van der Waals surface area contributed by atoms with Crippen molar-refractivity contribution in [2.45, 2.75) is 31.7 Å². The average Bonchev–Trinajstić information content (AvgIpc) is 2.53. The summed E-state index contributed by atoms with van der Waals surface area (Å²) >= 11 is 12.1. The van der Waals surface area contributed by atoms with E-state index in [-0.39, 0.29) is 45.9 Å². The molecule has 1 saturated carbocycles. The molecule has 0 aromatic heterocycles. The summed E-state index contributed by atoms with van der Waals surface area (Å²) in [6.45, 7) is -0.0354. The summed E-state index contributed by atoms with van der Waals surface area (Å²) in [5, 5.41) is 14.6. The topological polar surface area (TPSA) is 82.0 Å². The van der Waals surface area contributed by atoms with E-state index in [2.05, 4.69) is 10.6 Å². The number of rotatable bonds is 4. The highest BCUT2D eigenvalue weighted by Gasteiger charge is 2.32. The Labute approximate surface area is 144 Å². The number of carbonyl (C=O) groups is 2. The highest BCUT2D eigenvalue weighted by Crippen LogP contribution is 2.27. The fourth-order valence-electron chi connectivity index (χ4n) is 2.83. The van der Waals surface area contributed by atoms with E-state index in [0.29, 0.717) is 12.8 Å². The highest BCUT2D eigenvalue weighted by atomic mass is 35.5. The number of nitriles is 1. The zero-order valence-electron chi connectivity index (χ0n) is 12.4. The molecule has 23 heavy (non-hydrogen) atoms. The number of nitrogens with one attached hydrogen (secondary N) is 2. The van der Waals surface area contributed by atoms with Crippen LogP contribution in [-0.4, -0.2) is 24.4 Å². The summed E-state index contributed by atoms with van der Waals surface area (Å²) < 4.78 is 0. The van der Waals surface area contributed by atoms with Gasteiger partial charge in [0.2, 0.25) is 5.91 Å². The fraction of sp³-hybridized carbons (Fsp3) is 0.438. The largest absolute Gasteiger partial charge is 0.348 e. The monoisotopic (exact) mass is 353 g/mol. The summed E-state index contributed by atoms with van der Waals surface area (Å²) in [6, 6.07) is 6.45. The van der Waals surface area contributed by atoms with Gasteiger partial charge in [-0.15, -0.1) is 0 Å². The lowest BCUT2D eigenvalue weighted by Crippen LogP contribution is -2.48. The molecule has 2 rings (SSSR count). The maximum Gasteiger partial charge on any atom is 0.254 e. The second-order valence-corrected chi connectivity index (χ2v) is 6.26. The highest BCUT2D eigenvalue weighted by molar-refractivity contribution is 6.39. The van der Waals surface area contributed by atoms with Crippen molar-refractivity contribution in [1.29, 1.82) is 5.26 Å². The molecule has 1 aliphatic rings. The molecule has 122 valence electrons. The van der Waals surface area contributed by atoms with Gasteiger partial charge in [-0.1, -0.05) is 42.1 Å². The Bertz CT molecular complexity index is 622. The van der Waals surface area contributed by atoms with Crippen molar-refractivity contribution >= 4 is 35.0 Å². The normalized spacial score (nSPS) is 20.4. The number of hydrogen-bond acceptors (Lipinski definition) is 3. The van der Waals surface area contributed by atoms with Gasteiger partial charge in [0, 0.05) is 6.04 Å². The second-order valence-electron chi connectivity index (χ2n) is 5.44. The van der Waals surface area contributed by atoms with Crippen LogP contribution in [0.3, 0.4) is 0 Å². The van der Waals surface area contributed by atoms with E-state index in [9.17, 15) is 9.59 Å². The molecule has 0 saturated heterocycles. The van der Waals surface area contributed by atoms with Gasteiger partial charge >= 0.3 is 0 Å². The summed E-state index contributed by atoms with van der Waals surface area (Å²) in [5.41, 5.74) is 0.220. The lowest BCUT2D eigenvalue weighted by atomic mass is 9.83. The lowest BCUT2D eigenvalue weighted by molar-refractivity contribution is -0.126. The smallest absolute Gasteiger partial charge is 0.254 e. The van der Waals surface area contributed by atoms with Crippen LogP contribution in [0, 0.1) is 17.2 Å². The molecule has 1 aromatic carbocycles. The molecule has 0 heterocycles. The third-order valence-corrected chi connectivity index (χ3v) is 4.58. The number of hydrogen-bond donors (Lipinski definition) is 2. The Kier molecular flexibility index (Phi) is 6.26. The Morgan fingerprint density at radius 1 is 1.22 bits per heavy atom. The van der Waals surface area contributed by atoms with Crippen LogP contribution >= 0.6 is 23.2 Å². The minimum absolute atomic E-state index is 0.0354. The van der Waals surface area contributed by atoms with Crippen LogP contribution in [-0.2, 0) is 4.79 Å². The van der Waals surface area contributed by atoms with Gasteiger partial charge in [-0.25, -0.2) is 0 Å². The van der Waals surface area contributed by atoms with E-state index in [1.54, 1.807) is 18.2 Å². The Balaban J connectivity index is 2.11. The summed E-state index contributed by atoms with van der Waals surface area (Å²) in [5.74, 6) is -0.935. The molecule has 2 atom stereocenters. The molecule has 0 bridgehead atoms. The predicted octanol–water partition coefficient (Wildman–Crippen LogP) is 2.92. The molecule has 2 N–H and O–H groups in total. The minimum atomic E-state index is -0.384. The molecule has 7 heteroatoms. The van der Waals surface area contributed by atoms with Crippen molar-refractivity contribution in [3.63, 3.8) is 0 Å². The summed E-state index contributed by atoms with van der Waals surface area (Å²) in [4.78, 5) is 24.6. The molecule has 1 aromatic rings. The van der Waals surface area contributed by atoms with Gasteiger partial charge in [-0.2, -0.15) is 5.26 Å². The van der Waals surface area contributed by atoms with Gasteiger partial charge in [0.25, 0.3) is 5.91 Å². The molecule has 2 amide bonds. The Morgan fingerprint density at radius 2 is 1.87 bits per heavy atom. The molecule has 5 nitrogen and oxygen atoms in total. The number of carbonyl (C=O) groups excluding carboxylic acids is 2. The van der Waals surface area contributed by atoms with E-state index >= 15 is 0 Å². The van der Waals surface area contributed by atoms with Crippen LogP contribution in [0.1, 0.15) is 36.0 Å². The Morgan fingerprint density at radius 3 is 2.52 bits per heavy atom. The molecule has 1 fully saturated rings.